The van der Waals surface area contributed by atoms with Gasteiger partial charge in [-0.3, -0.25) is 9.59 Å². The Morgan fingerprint density at radius 3 is 2.80 bits per heavy atom. The van der Waals surface area contributed by atoms with Crippen LogP contribution in [0.15, 0.2) is 28.7 Å². The normalized spacial score (nSPS) is 22.6. The molecule has 4 nitrogen and oxygen atoms in total. The van der Waals surface area contributed by atoms with E-state index in [1.54, 1.807) is 4.90 Å². The van der Waals surface area contributed by atoms with E-state index in [9.17, 15) is 9.59 Å². The van der Waals surface area contributed by atoms with E-state index in [4.69, 9.17) is 5.11 Å². The van der Waals surface area contributed by atoms with Gasteiger partial charge in [-0.1, -0.05) is 28.1 Å². The Balaban J connectivity index is 2.05. The largest absolute Gasteiger partial charge is 0.481 e. The Morgan fingerprint density at radius 1 is 1.40 bits per heavy atom. The number of piperidine rings is 1. The van der Waals surface area contributed by atoms with Crippen molar-refractivity contribution < 1.29 is 14.7 Å². The number of carboxylic acid groups (broad SMARTS) is 1. The lowest BCUT2D eigenvalue weighted by Crippen LogP contribution is -2.47. The van der Waals surface area contributed by atoms with Crippen LogP contribution in [-0.4, -0.2) is 34.5 Å². The second-order valence-electron chi connectivity index (χ2n) is 5.31. The summed E-state index contributed by atoms with van der Waals surface area (Å²) < 4.78 is 0.943. The molecular formula is C15H18BrNO3. The van der Waals surface area contributed by atoms with Gasteiger partial charge < -0.3 is 10.0 Å². The maximum absolute atomic E-state index is 12.4. The molecule has 0 bridgehead atoms. The van der Waals surface area contributed by atoms with Crippen molar-refractivity contribution in [2.45, 2.75) is 32.2 Å². The summed E-state index contributed by atoms with van der Waals surface area (Å²) in [6.45, 7) is 2.31. The summed E-state index contributed by atoms with van der Waals surface area (Å²) in [7, 11) is 0. The van der Waals surface area contributed by atoms with Gasteiger partial charge in [-0.25, -0.2) is 0 Å². The fraction of sp³-hybridized carbons (Fsp3) is 0.467. The average molecular weight is 340 g/mol. The minimum Gasteiger partial charge on any atom is -0.481 e. The van der Waals surface area contributed by atoms with Crippen molar-refractivity contribution in [2.24, 2.45) is 5.92 Å². The molecule has 1 amide bonds. The van der Waals surface area contributed by atoms with Gasteiger partial charge in [0.1, 0.15) is 0 Å². The molecule has 1 aromatic carbocycles. The molecule has 1 N–H and O–H groups in total. The average Bonchev–Trinajstić information content (AvgIpc) is 2.38. The summed E-state index contributed by atoms with van der Waals surface area (Å²) in [5.41, 5.74) is 0.939. The quantitative estimate of drug-likeness (QED) is 0.920. The van der Waals surface area contributed by atoms with Crippen LogP contribution in [0.2, 0.25) is 0 Å². The molecule has 1 aromatic rings. The molecule has 0 unspecified atom stereocenters. The first-order chi connectivity index (χ1) is 9.47. The summed E-state index contributed by atoms with van der Waals surface area (Å²) in [5, 5.41) is 9.11. The number of rotatable bonds is 3. The van der Waals surface area contributed by atoms with Crippen molar-refractivity contribution in [1.82, 2.24) is 4.90 Å². The Hall–Kier alpha value is -1.36. The highest BCUT2D eigenvalue weighted by Crippen LogP contribution is 2.23. The van der Waals surface area contributed by atoms with Gasteiger partial charge in [0, 0.05) is 17.1 Å². The lowest BCUT2D eigenvalue weighted by molar-refractivity contribution is -0.146. The predicted molar refractivity (Wildman–Crippen MR) is 79.4 cm³/mol. The van der Waals surface area contributed by atoms with Crippen LogP contribution in [0.4, 0.5) is 0 Å². The summed E-state index contributed by atoms with van der Waals surface area (Å²) in [6, 6.07) is 7.75. The molecule has 1 fully saturated rings. The zero-order valence-electron chi connectivity index (χ0n) is 11.4. The third-order valence-electron chi connectivity index (χ3n) is 3.80. The maximum atomic E-state index is 12.4. The summed E-state index contributed by atoms with van der Waals surface area (Å²) in [5.74, 6) is -1.24. The van der Waals surface area contributed by atoms with Gasteiger partial charge in [-0.2, -0.15) is 0 Å². The minimum atomic E-state index is -0.808. The first-order valence-corrected chi connectivity index (χ1v) is 7.53. The molecule has 20 heavy (non-hydrogen) atoms. The molecule has 2 rings (SSSR count). The smallest absolute Gasteiger partial charge is 0.308 e. The van der Waals surface area contributed by atoms with Crippen LogP contribution in [0.25, 0.3) is 0 Å². The fourth-order valence-corrected chi connectivity index (χ4v) is 3.03. The number of likely N-dealkylation sites (tertiary alicyclic amines) is 1. The SMILES string of the molecule is C[C@H]1CC[C@@H](C(=O)O)CN1C(=O)Cc1cccc(Br)c1. The summed E-state index contributed by atoms with van der Waals surface area (Å²) >= 11 is 3.39. The Bertz CT molecular complexity index is 518. The number of aliphatic carboxylic acids is 1. The Morgan fingerprint density at radius 2 is 2.15 bits per heavy atom. The van der Waals surface area contributed by atoms with Crippen molar-refractivity contribution >= 4 is 27.8 Å². The van der Waals surface area contributed by atoms with Gasteiger partial charge in [0.2, 0.25) is 5.91 Å². The number of carbonyl (C=O) groups excluding carboxylic acids is 1. The number of nitrogens with zero attached hydrogens (tertiary/aromatic N) is 1. The second-order valence-corrected chi connectivity index (χ2v) is 6.23. The Labute approximate surface area is 126 Å². The highest BCUT2D eigenvalue weighted by atomic mass is 79.9. The monoisotopic (exact) mass is 339 g/mol. The number of hydrogen-bond donors (Lipinski definition) is 1. The lowest BCUT2D eigenvalue weighted by Gasteiger charge is -2.36. The van der Waals surface area contributed by atoms with Gasteiger partial charge in [-0.05, 0) is 37.5 Å². The van der Waals surface area contributed by atoms with Gasteiger partial charge in [0.25, 0.3) is 0 Å². The predicted octanol–water partition coefficient (Wildman–Crippen LogP) is 2.70. The molecule has 108 valence electrons. The molecule has 2 atom stereocenters. The van der Waals surface area contributed by atoms with Crippen molar-refractivity contribution in [3.8, 4) is 0 Å². The third-order valence-corrected chi connectivity index (χ3v) is 4.29. The summed E-state index contributed by atoms with van der Waals surface area (Å²) in [4.78, 5) is 25.2. The van der Waals surface area contributed by atoms with Gasteiger partial charge in [-0.15, -0.1) is 0 Å². The molecule has 0 aromatic heterocycles. The molecule has 0 spiro atoms. The van der Waals surface area contributed by atoms with Crippen LogP contribution in [0, 0.1) is 5.92 Å². The molecule has 1 aliphatic heterocycles. The lowest BCUT2D eigenvalue weighted by atomic mass is 9.93. The highest BCUT2D eigenvalue weighted by molar-refractivity contribution is 9.10. The molecular weight excluding hydrogens is 322 g/mol. The van der Waals surface area contributed by atoms with E-state index in [0.29, 0.717) is 19.4 Å². The van der Waals surface area contributed by atoms with Crippen LogP contribution in [0.1, 0.15) is 25.3 Å². The van der Waals surface area contributed by atoms with Crippen LogP contribution in [-0.2, 0) is 16.0 Å². The number of halogens is 1. The van der Waals surface area contributed by atoms with E-state index >= 15 is 0 Å². The maximum Gasteiger partial charge on any atom is 0.308 e. The molecule has 0 saturated carbocycles. The van der Waals surface area contributed by atoms with Crippen molar-refractivity contribution in [1.29, 1.82) is 0 Å². The number of carbonyl (C=O) groups is 2. The molecule has 1 saturated heterocycles. The standard InChI is InChI=1S/C15H18BrNO3/c1-10-5-6-12(15(19)20)9-17(10)14(18)8-11-3-2-4-13(16)7-11/h2-4,7,10,12H,5-6,8-9H2,1H3,(H,19,20)/t10-,12+/m0/s1. The highest BCUT2D eigenvalue weighted by Gasteiger charge is 2.32. The number of carboxylic acids is 1. The van der Waals surface area contributed by atoms with Crippen molar-refractivity contribution in [2.75, 3.05) is 6.54 Å². The molecule has 1 heterocycles. The molecule has 0 aliphatic carbocycles. The fourth-order valence-electron chi connectivity index (χ4n) is 2.58. The zero-order valence-corrected chi connectivity index (χ0v) is 13.0. The molecule has 0 radical (unpaired) electrons. The van der Waals surface area contributed by atoms with E-state index < -0.39 is 11.9 Å². The van der Waals surface area contributed by atoms with E-state index in [1.165, 1.54) is 0 Å². The second kappa shape index (κ2) is 6.39. The molecule has 1 aliphatic rings. The van der Waals surface area contributed by atoms with Crippen LogP contribution < -0.4 is 0 Å². The zero-order chi connectivity index (χ0) is 14.7. The van der Waals surface area contributed by atoms with Crippen LogP contribution >= 0.6 is 15.9 Å². The van der Waals surface area contributed by atoms with Crippen LogP contribution in [0.5, 0.6) is 0 Å². The van der Waals surface area contributed by atoms with E-state index in [1.807, 2.05) is 31.2 Å². The minimum absolute atomic E-state index is 0.00144. The number of benzene rings is 1. The molecule has 5 heteroatoms. The van der Waals surface area contributed by atoms with Crippen molar-refractivity contribution in [3.05, 3.63) is 34.3 Å². The Kier molecular flexibility index (Phi) is 4.81. The number of hydrogen-bond acceptors (Lipinski definition) is 2. The van der Waals surface area contributed by atoms with Crippen molar-refractivity contribution in [3.63, 3.8) is 0 Å². The van der Waals surface area contributed by atoms with E-state index in [0.717, 1.165) is 16.5 Å². The first kappa shape index (κ1) is 15.0. The van der Waals surface area contributed by atoms with E-state index in [-0.39, 0.29) is 11.9 Å². The number of amides is 1. The first-order valence-electron chi connectivity index (χ1n) is 6.74. The van der Waals surface area contributed by atoms with Gasteiger partial charge in [0.05, 0.1) is 12.3 Å². The van der Waals surface area contributed by atoms with E-state index in [2.05, 4.69) is 15.9 Å². The van der Waals surface area contributed by atoms with Gasteiger partial charge >= 0.3 is 5.97 Å². The third kappa shape index (κ3) is 3.60. The summed E-state index contributed by atoms with van der Waals surface area (Å²) in [6.07, 6.45) is 1.72. The van der Waals surface area contributed by atoms with Crippen LogP contribution in [0.3, 0.4) is 0 Å². The van der Waals surface area contributed by atoms with Gasteiger partial charge in [0.15, 0.2) is 0 Å². The topological polar surface area (TPSA) is 57.6 Å².